The Balaban J connectivity index is 1.91. The van der Waals surface area contributed by atoms with Crippen LogP contribution in [0.25, 0.3) is 0 Å². The van der Waals surface area contributed by atoms with E-state index >= 15 is 0 Å². The van der Waals surface area contributed by atoms with Crippen molar-refractivity contribution in [1.82, 2.24) is 9.78 Å². The lowest BCUT2D eigenvalue weighted by molar-refractivity contribution is -0.188. The van der Waals surface area contributed by atoms with Gasteiger partial charge in [-0.2, -0.15) is 5.10 Å². The smallest absolute Gasteiger partial charge is 0.170 e. The van der Waals surface area contributed by atoms with E-state index in [1.807, 2.05) is 6.92 Å². The third-order valence-electron chi connectivity index (χ3n) is 4.69. The molecule has 1 aliphatic heterocycles. The Morgan fingerprint density at radius 3 is 2.53 bits per heavy atom. The number of hydrogen-bond acceptors (Lipinski definition) is 4. The highest BCUT2D eigenvalue weighted by molar-refractivity contribution is 5.23. The molecule has 106 valence electrons. The van der Waals surface area contributed by atoms with Gasteiger partial charge in [0.1, 0.15) is 0 Å². The Kier molecular flexibility index (Phi) is 3.15. The lowest BCUT2D eigenvalue weighted by Gasteiger charge is -2.40. The summed E-state index contributed by atoms with van der Waals surface area (Å²) in [4.78, 5) is 0. The topological polar surface area (TPSA) is 62.3 Å². The Hall–Kier alpha value is -0.910. The van der Waals surface area contributed by atoms with E-state index in [1.54, 1.807) is 0 Å². The van der Waals surface area contributed by atoms with Crippen molar-refractivity contribution in [3.8, 4) is 0 Å². The molecule has 1 spiro atoms. The lowest BCUT2D eigenvalue weighted by Crippen LogP contribution is -2.47. The van der Waals surface area contributed by atoms with Crippen molar-refractivity contribution >= 4 is 0 Å². The molecule has 1 saturated heterocycles. The van der Waals surface area contributed by atoms with Crippen molar-refractivity contribution in [1.29, 1.82) is 0 Å². The van der Waals surface area contributed by atoms with E-state index < -0.39 is 5.79 Å². The molecule has 2 N–H and O–H groups in total. The molecule has 0 amide bonds. The molecule has 2 unspecified atom stereocenters. The zero-order valence-corrected chi connectivity index (χ0v) is 12.0. The summed E-state index contributed by atoms with van der Waals surface area (Å²) in [5, 5.41) is 4.66. The van der Waals surface area contributed by atoms with Crippen LogP contribution in [0.2, 0.25) is 0 Å². The van der Waals surface area contributed by atoms with Gasteiger partial charge in [0.25, 0.3) is 0 Å². The van der Waals surface area contributed by atoms with Gasteiger partial charge >= 0.3 is 0 Å². The van der Waals surface area contributed by atoms with Gasteiger partial charge in [0.2, 0.25) is 0 Å². The minimum Gasteiger partial charge on any atom is -0.347 e. The van der Waals surface area contributed by atoms with Crippen LogP contribution in [0.1, 0.15) is 42.3 Å². The molecule has 1 aromatic heterocycles. The largest absolute Gasteiger partial charge is 0.347 e. The van der Waals surface area contributed by atoms with Crippen LogP contribution in [-0.2, 0) is 9.47 Å². The summed E-state index contributed by atoms with van der Waals surface area (Å²) in [5.74, 6) is -0.416. The quantitative estimate of drug-likeness (QED) is 0.838. The first-order valence-corrected chi connectivity index (χ1v) is 7.08. The monoisotopic (exact) mass is 265 g/mol. The van der Waals surface area contributed by atoms with Crippen molar-refractivity contribution in [3.05, 3.63) is 17.0 Å². The summed E-state index contributed by atoms with van der Waals surface area (Å²) in [6.45, 7) is 7.66. The van der Waals surface area contributed by atoms with Gasteiger partial charge in [-0.15, -0.1) is 0 Å². The predicted octanol–water partition coefficient (Wildman–Crippen LogP) is 1.60. The number of aryl methyl sites for hydroxylation is 1. The fraction of sp³-hybridized carbons (Fsp3) is 0.786. The fourth-order valence-electron chi connectivity index (χ4n) is 3.25. The van der Waals surface area contributed by atoms with Crippen LogP contribution in [0.3, 0.4) is 0 Å². The number of hydrogen-bond donors (Lipinski definition) is 1. The molecular formula is C14H23N3O2. The predicted molar refractivity (Wildman–Crippen MR) is 71.9 cm³/mol. The van der Waals surface area contributed by atoms with Gasteiger partial charge in [-0.05, 0) is 32.8 Å². The summed E-state index contributed by atoms with van der Waals surface area (Å²) in [5.41, 5.74) is 9.85. The average Bonchev–Trinajstić information content (AvgIpc) is 2.94. The Labute approximate surface area is 114 Å². The maximum absolute atomic E-state index is 6.32. The second kappa shape index (κ2) is 4.58. The van der Waals surface area contributed by atoms with Gasteiger partial charge in [-0.3, -0.25) is 4.68 Å². The zero-order valence-electron chi connectivity index (χ0n) is 12.0. The average molecular weight is 265 g/mol. The fourth-order valence-corrected chi connectivity index (χ4v) is 3.25. The SMILES string of the molecule is Cc1nn(C2CC3(CCC2N)OCCO3)c(C)c1C. The van der Waals surface area contributed by atoms with Crippen molar-refractivity contribution in [2.24, 2.45) is 5.73 Å². The lowest BCUT2D eigenvalue weighted by atomic mass is 9.86. The highest BCUT2D eigenvalue weighted by Crippen LogP contribution is 2.40. The minimum absolute atomic E-state index is 0.121. The van der Waals surface area contributed by atoms with E-state index in [1.165, 1.54) is 11.3 Å². The Morgan fingerprint density at radius 2 is 1.95 bits per heavy atom. The zero-order chi connectivity index (χ0) is 13.6. The number of ether oxygens (including phenoxy) is 2. The minimum atomic E-state index is -0.416. The van der Waals surface area contributed by atoms with E-state index in [0.29, 0.717) is 13.2 Å². The summed E-state index contributed by atoms with van der Waals surface area (Å²) in [7, 11) is 0. The van der Waals surface area contributed by atoms with Gasteiger partial charge < -0.3 is 15.2 Å². The maximum Gasteiger partial charge on any atom is 0.170 e. The van der Waals surface area contributed by atoms with E-state index in [-0.39, 0.29) is 12.1 Å². The molecule has 3 rings (SSSR count). The summed E-state index contributed by atoms with van der Waals surface area (Å²) in [6, 6.07) is 0.287. The highest BCUT2D eigenvalue weighted by Gasteiger charge is 2.45. The van der Waals surface area contributed by atoms with Crippen molar-refractivity contribution in [3.63, 3.8) is 0 Å². The first-order valence-electron chi connectivity index (χ1n) is 7.08. The molecule has 1 aliphatic carbocycles. The molecule has 2 fully saturated rings. The normalized spacial score (nSPS) is 30.1. The van der Waals surface area contributed by atoms with E-state index in [4.69, 9.17) is 15.2 Å². The second-order valence-corrected chi connectivity index (χ2v) is 5.82. The summed E-state index contributed by atoms with van der Waals surface area (Å²) < 4.78 is 13.8. The van der Waals surface area contributed by atoms with Crippen LogP contribution in [0, 0.1) is 20.8 Å². The van der Waals surface area contributed by atoms with Crippen molar-refractivity contribution in [2.45, 2.75) is 57.9 Å². The van der Waals surface area contributed by atoms with Gasteiger partial charge in [-0.1, -0.05) is 0 Å². The Morgan fingerprint density at radius 1 is 1.26 bits per heavy atom. The van der Waals surface area contributed by atoms with Crippen LogP contribution < -0.4 is 5.73 Å². The van der Waals surface area contributed by atoms with Crippen LogP contribution in [0.4, 0.5) is 0 Å². The molecule has 0 aromatic carbocycles. The molecule has 2 atom stereocenters. The molecule has 2 aliphatic rings. The standard InChI is InChI=1S/C14H23N3O2/c1-9-10(2)16-17(11(9)3)13-8-14(5-4-12(13)15)18-6-7-19-14/h12-13H,4-8,15H2,1-3H3. The van der Waals surface area contributed by atoms with E-state index in [9.17, 15) is 0 Å². The van der Waals surface area contributed by atoms with Crippen molar-refractivity contribution in [2.75, 3.05) is 13.2 Å². The number of aromatic nitrogens is 2. The molecule has 19 heavy (non-hydrogen) atoms. The van der Waals surface area contributed by atoms with Crippen LogP contribution in [0.15, 0.2) is 0 Å². The molecule has 5 heteroatoms. The summed E-state index contributed by atoms with van der Waals surface area (Å²) in [6.07, 6.45) is 2.61. The van der Waals surface area contributed by atoms with Gasteiger partial charge in [0, 0.05) is 24.6 Å². The van der Waals surface area contributed by atoms with E-state index in [2.05, 4.69) is 23.6 Å². The summed E-state index contributed by atoms with van der Waals surface area (Å²) >= 11 is 0. The number of nitrogens with two attached hydrogens (primary N) is 1. The first-order chi connectivity index (χ1) is 9.02. The third kappa shape index (κ3) is 2.10. The van der Waals surface area contributed by atoms with Gasteiger partial charge in [-0.25, -0.2) is 0 Å². The highest BCUT2D eigenvalue weighted by atomic mass is 16.7. The third-order valence-corrected chi connectivity index (χ3v) is 4.69. The molecule has 0 bridgehead atoms. The number of rotatable bonds is 1. The van der Waals surface area contributed by atoms with Gasteiger partial charge in [0.15, 0.2) is 5.79 Å². The van der Waals surface area contributed by atoms with E-state index in [0.717, 1.165) is 25.0 Å². The molecule has 1 aromatic rings. The molecule has 1 saturated carbocycles. The van der Waals surface area contributed by atoms with Crippen LogP contribution in [0.5, 0.6) is 0 Å². The molecule has 0 radical (unpaired) electrons. The number of nitrogens with zero attached hydrogens (tertiary/aromatic N) is 2. The first kappa shape index (κ1) is 13.1. The van der Waals surface area contributed by atoms with Crippen LogP contribution >= 0.6 is 0 Å². The van der Waals surface area contributed by atoms with Crippen LogP contribution in [-0.4, -0.2) is 34.8 Å². The Bertz CT molecular complexity index is 477. The van der Waals surface area contributed by atoms with Gasteiger partial charge in [0.05, 0.1) is 24.9 Å². The molecular weight excluding hydrogens is 242 g/mol. The second-order valence-electron chi connectivity index (χ2n) is 5.82. The molecule has 5 nitrogen and oxygen atoms in total. The van der Waals surface area contributed by atoms with Crippen molar-refractivity contribution < 1.29 is 9.47 Å². The maximum atomic E-state index is 6.32. The molecule has 2 heterocycles.